The van der Waals surface area contributed by atoms with Crippen molar-refractivity contribution in [3.05, 3.63) is 30.1 Å². The Balaban J connectivity index is 1.79. The molecule has 6 heteroatoms. The normalized spacial score (nSPS) is 15.9. The second-order valence-corrected chi connectivity index (χ2v) is 7.14. The van der Waals surface area contributed by atoms with E-state index in [-0.39, 0.29) is 12.5 Å². The Labute approximate surface area is 157 Å². The Kier molecular flexibility index (Phi) is 7.88. The van der Waals surface area contributed by atoms with Crippen LogP contribution in [0.25, 0.3) is 0 Å². The maximum absolute atomic E-state index is 12.3. The van der Waals surface area contributed by atoms with Crippen LogP contribution in [0.4, 0.5) is 0 Å². The van der Waals surface area contributed by atoms with E-state index in [4.69, 9.17) is 0 Å². The van der Waals surface area contributed by atoms with E-state index in [0.29, 0.717) is 12.0 Å². The molecule has 0 radical (unpaired) electrons. The van der Waals surface area contributed by atoms with Crippen LogP contribution in [0, 0.1) is 5.41 Å². The molecule has 1 aromatic rings. The largest absolute Gasteiger partial charge is 0.357 e. The summed E-state index contributed by atoms with van der Waals surface area (Å²) in [6.07, 6.45) is 7.61. The lowest BCUT2D eigenvalue weighted by atomic mass is 9.67. The van der Waals surface area contributed by atoms with Crippen LogP contribution in [0.5, 0.6) is 0 Å². The first-order chi connectivity index (χ1) is 12.6. The summed E-state index contributed by atoms with van der Waals surface area (Å²) in [7, 11) is 1.82. The van der Waals surface area contributed by atoms with Gasteiger partial charge in [0.15, 0.2) is 5.96 Å². The van der Waals surface area contributed by atoms with E-state index in [0.717, 1.165) is 31.2 Å². The molecule has 2 N–H and O–H groups in total. The van der Waals surface area contributed by atoms with Crippen molar-refractivity contribution in [1.82, 2.24) is 20.5 Å². The molecule has 0 aromatic carbocycles. The topological polar surface area (TPSA) is 69.6 Å². The molecular weight excluding hydrogens is 326 g/mol. The van der Waals surface area contributed by atoms with E-state index in [9.17, 15) is 4.79 Å². The quantitative estimate of drug-likeness (QED) is 0.524. The van der Waals surface area contributed by atoms with E-state index in [1.165, 1.54) is 25.7 Å². The third kappa shape index (κ3) is 6.00. The van der Waals surface area contributed by atoms with Gasteiger partial charge in [0.05, 0.1) is 0 Å². The average Bonchev–Trinajstić information content (AvgIpc) is 2.64. The van der Waals surface area contributed by atoms with Gasteiger partial charge in [-0.2, -0.15) is 0 Å². The Bertz CT molecular complexity index is 578. The minimum atomic E-state index is 0.0204. The van der Waals surface area contributed by atoms with Crippen molar-refractivity contribution in [1.29, 1.82) is 0 Å². The number of nitrogens with one attached hydrogen (secondary N) is 2. The molecule has 1 heterocycles. The molecular formula is C20H33N5O. The zero-order valence-corrected chi connectivity index (χ0v) is 16.4. The Morgan fingerprint density at radius 1 is 1.31 bits per heavy atom. The molecule has 26 heavy (non-hydrogen) atoms. The maximum Gasteiger partial charge on any atom is 0.244 e. The first kappa shape index (κ1) is 20.2. The van der Waals surface area contributed by atoms with Crippen molar-refractivity contribution in [2.24, 2.45) is 10.4 Å². The Morgan fingerprint density at radius 3 is 2.69 bits per heavy atom. The van der Waals surface area contributed by atoms with E-state index in [1.807, 2.05) is 32.2 Å². The molecule has 0 bridgehead atoms. The van der Waals surface area contributed by atoms with Crippen molar-refractivity contribution >= 4 is 11.9 Å². The highest BCUT2D eigenvalue weighted by molar-refractivity contribution is 5.84. The number of aromatic nitrogens is 1. The lowest BCUT2D eigenvalue weighted by Crippen LogP contribution is -2.46. The van der Waals surface area contributed by atoms with Crippen LogP contribution in [0.2, 0.25) is 0 Å². The van der Waals surface area contributed by atoms with E-state index in [1.54, 1.807) is 11.1 Å². The molecule has 0 atom stereocenters. The summed E-state index contributed by atoms with van der Waals surface area (Å²) >= 11 is 0. The number of rotatable bonds is 9. The number of hydrogen-bond donors (Lipinski definition) is 2. The molecule has 0 spiro atoms. The number of guanidine groups is 1. The Morgan fingerprint density at radius 2 is 2.12 bits per heavy atom. The molecule has 1 fully saturated rings. The molecule has 144 valence electrons. The third-order valence-corrected chi connectivity index (χ3v) is 5.37. The highest BCUT2D eigenvalue weighted by Crippen LogP contribution is 2.42. The van der Waals surface area contributed by atoms with Crippen molar-refractivity contribution < 1.29 is 4.79 Å². The first-order valence-corrected chi connectivity index (χ1v) is 9.74. The van der Waals surface area contributed by atoms with Gasteiger partial charge in [0.2, 0.25) is 5.91 Å². The first-order valence-electron chi connectivity index (χ1n) is 9.74. The number of hydrogen-bond acceptors (Lipinski definition) is 3. The van der Waals surface area contributed by atoms with Gasteiger partial charge in [-0.3, -0.25) is 9.78 Å². The SMILES string of the molecule is CCNC(=NCC(=O)N(C)CCc1ccccn1)NCC1(CC)CCC1. The molecule has 6 nitrogen and oxygen atoms in total. The fourth-order valence-electron chi connectivity index (χ4n) is 3.17. The summed E-state index contributed by atoms with van der Waals surface area (Å²) in [6.45, 7) is 6.82. The molecule has 1 aromatic heterocycles. The van der Waals surface area contributed by atoms with Crippen molar-refractivity contribution in [3.63, 3.8) is 0 Å². The van der Waals surface area contributed by atoms with Gasteiger partial charge in [0, 0.05) is 45.0 Å². The minimum absolute atomic E-state index is 0.0204. The monoisotopic (exact) mass is 359 g/mol. The van der Waals surface area contributed by atoms with Gasteiger partial charge < -0.3 is 15.5 Å². The highest BCUT2D eigenvalue weighted by atomic mass is 16.2. The predicted octanol–water partition coefficient (Wildman–Crippen LogP) is 2.22. The molecule has 1 amide bonds. The zero-order chi connectivity index (χ0) is 18.8. The molecule has 0 aliphatic heterocycles. The number of carbonyl (C=O) groups excluding carboxylic acids is 1. The summed E-state index contributed by atoms with van der Waals surface area (Å²) in [4.78, 5) is 22.8. The second-order valence-electron chi connectivity index (χ2n) is 7.14. The van der Waals surface area contributed by atoms with Crippen LogP contribution in [0.1, 0.15) is 45.2 Å². The molecule has 1 aliphatic carbocycles. The van der Waals surface area contributed by atoms with Gasteiger partial charge in [-0.15, -0.1) is 0 Å². The summed E-state index contributed by atoms with van der Waals surface area (Å²) < 4.78 is 0. The lowest BCUT2D eigenvalue weighted by Gasteiger charge is -2.41. The average molecular weight is 360 g/mol. The van der Waals surface area contributed by atoms with Gasteiger partial charge in [-0.1, -0.05) is 19.4 Å². The number of pyridine rings is 1. The van der Waals surface area contributed by atoms with Crippen molar-refractivity contribution in [2.45, 2.75) is 46.0 Å². The number of amides is 1. The minimum Gasteiger partial charge on any atom is -0.357 e. The lowest BCUT2D eigenvalue weighted by molar-refractivity contribution is -0.128. The van der Waals surface area contributed by atoms with Crippen LogP contribution >= 0.6 is 0 Å². The fourth-order valence-corrected chi connectivity index (χ4v) is 3.17. The van der Waals surface area contributed by atoms with E-state index >= 15 is 0 Å². The second kappa shape index (κ2) is 10.1. The zero-order valence-electron chi connectivity index (χ0n) is 16.4. The summed E-state index contributed by atoms with van der Waals surface area (Å²) in [5.41, 5.74) is 1.41. The van der Waals surface area contributed by atoms with Gasteiger partial charge >= 0.3 is 0 Å². The molecule has 0 unspecified atom stereocenters. The molecule has 1 aliphatic rings. The van der Waals surface area contributed by atoms with E-state index in [2.05, 4.69) is 27.5 Å². The smallest absolute Gasteiger partial charge is 0.244 e. The number of aliphatic imine (C=N–C) groups is 1. The molecule has 1 saturated carbocycles. The van der Waals surface area contributed by atoms with Crippen LogP contribution in [-0.2, 0) is 11.2 Å². The van der Waals surface area contributed by atoms with Gasteiger partial charge in [-0.05, 0) is 43.7 Å². The van der Waals surface area contributed by atoms with Gasteiger partial charge in [0.25, 0.3) is 0 Å². The predicted molar refractivity (Wildman–Crippen MR) is 106 cm³/mol. The van der Waals surface area contributed by atoms with Gasteiger partial charge in [0.1, 0.15) is 6.54 Å². The van der Waals surface area contributed by atoms with Crippen molar-refractivity contribution in [2.75, 3.05) is 33.2 Å². The summed E-state index contributed by atoms with van der Waals surface area (Å²) in [6, 6.07) is 5.84. The van der Waals surface area contributed by atoms with Crippen LogP contribution in [-0.4, -0.2) is 55.0 Å². The highest BCUT2D eigenvalue weighted by Gasteiger charge is 2.34. The van der Waals surface area contributed by atoms with Crippen molar-refractivity contribution in [3.8, 4) is 0 Å². The number of likely N-dealkylation sites (N-methyl/N-ethyl adjacent to an activating group) is 1. The summed E-state index contributed by atoms with van der Waals surface area (Å²) in [5, 5.41) is 6.66. The standard InChI is InChI=1S/C20H33N5O/c1-4-20(11-8-12-20)16-24-19(21-5-2)23-15-18(26)25(3)14-10-17-9-6-7-13-22-17/h6-7,9,13H,4-5,8,10-12,14-16H2,1-3H3,(H2,21,23,24). The molecule has 2 rings (SSSR count). The number of nitrogens with zero attached hydrogens (tertiary/aromatic N) is 3. The Hall–Kier alpha value is -2.11. The number of carbonyl (C=O) groups is 1. The van der Waals surface area contributed by atoms with Crippen LogP contribution in [0.15, 0.2) is 29.4 Å². The summed E-state index contributed by atoms with van der Waals surface area (Å²) in [5.74, 6) is 0.755. The van der Waals surface area contributed by atoms with Gasteiger partial charge in [-0.25, -0.2) is 4.99 Å². The maximum atomic E-state index is 12.3. The fraction of sp³-hybridized carbons (Fsp3) is 0.650. The molecule has 0 saturated heterocycles. The van der Waals surface area contributed by atoms with Crippen LogP contribution < -0.4 is 10.6 Å². The third-order valence-electron chi connectivity index (χ3n) is 5.37. The van der Waals surface area contributed by atoms with Crippen LogP contribution in [0.3, 0.4) is 0 Å². The van der Waals surface area contributed by atoms with E-state index < -0.39 is 0 Å².